The molecule has 1 amide bonds. The number of benzene rings is 1. The molecule has 4 nitrogen and oxygen atoms in total. The van der Waals surface area contributed by atoms with Gasteiger partial charge in [-0.2, -0.15) is 0 Å². The molecule has 0 radical (unpaired) electrons. The molecule has 1 aromatic carbocycles. The quantitative estimate of drug-likeness (QED) is 0.708. The van der Waals surface area contributed by atoms with E-state index in [0.717, 1.165) is 19.4 Å². The third kappa shape index (κ3) is 4.62. The number of amides is 1. The Morgan fingerprint density at radius 1 is 1.32 bits per heavy atom. The van der Waals surface area contributed by atoms with Crippen molar-refractivity contribution < 1.29 is 13.6 Å². The van der Waals surface area contributed by atoms with Crippen LogP contribution in [0.3, 0.4) is 0 Å². The Labute approximate surface area is 172 Å². The normalized spacial score (nSPS) is 20.3. The van der Waals surface area contributed by atoms with Crippen molar-refractivity contribution in [2.75, 3.05) is 6.54 Å². The molecule has 150 valence electrons. The molecule has 1 unspecified atom stereocenters. The minimum atomic E-state index is -0.885. The molecule has 0 bridgehead atoms. The lowest BCUT2D eigenvalue weighted by Crippen LogP contribution is -2.41. The topological polar surface area (TPSA) is 59.2 Å². The molecule has 2 heterocycles. The number of carbonyl (C=O) groups excluding carboxylic acids is 1. The minimum Gasteiger partial charge on any atom is -0.366 e. The predicted octanol–water partition coefficient (Wildman–Crippen LogP) is 4.61. The van der Waals surface area contributed by atoms with Crippen molar-refractivity contribution in [2.45, 2.75) is 38.8 Å². The van der Waals surface area contributed by atoms with Crippen molar-refractivity contribution in [1.29, 1.82) is 0 Å². The first-order chi connectivity index (χ1) is 13.3. The third-order valence-corrected chi connectivity index (χ3v) is 5.80. The monoisotopic (exact) mass is 427 g/mol. The standard InChI is InChI=1S/C20H21Cl2F2N3O/c1-11-7-12(8-14-9-15(20(25)28)18(24)19(22)26-14)5-6-27(11)10-13-3-2-4-16(21)17(13)23/h2-4,9,11-12H,5-8,10H2,1H3,(H2,25,28)/t11-,12?/m1/s1. The van der Waals surface area contributed by atoms with Crippen LogP contribution in [-0.2, 0) is 13.0 Å². The van der Waals surface area contributed by atoms with Crippen LogP contribution < -0.4 is 5.73 Å². The summed E-state index contributed by atoms with van der Waals surface area (Å²) in [6.07, 6.45) is 2.31. The fourth-order valence-electron chi connectivity index (χ4n) is 3.76. The fraction of sp³-hybridized carbons (Fsp3) is 0.400. The summed E-state index contributed by atoms with van der Waals surface area (Å²) in [6, 6.07) is 6.64. The van der Waals surface area contributed by atoms with Gasteiger partial charge in [-0.05, 0) is 50.8 Å². The Morgan fingerprint density at radius 2 is 2.07 bits per heavy atom. The van der Waals surface area contributed by atoms with E-state index in [1.54, 1.807) is 12.1 Å². The summed E-state index contributed by atoms with van der Waals surface area (Å²) in [5.41, 5.74) is 6.10. The maximum atomic E-state index is 14.2. The molecule has 2 aromatic rings. The fourth-order valence-corrected chi connectivity index (χ4v) is 4.16. The van der Waals surface area contributed by atoms with Crippen LogP contribution >= 0.6 is 23.2 Å². The van der Waals surface area contributed by atoms with Gasteiger partial charge in [-0.25, -0.2) is 13.8 Å². The number of rotatable bonds is 5. The van der Waals surface area contributed by atoms with E-state index in [9.17, 15) is 13.6 Å². The van der Waals surface area contributed by atoms with Gasteiger partial charge in [0.15, 0.2) is 11.0 Å². The third-order valence-electron chi connectivity index (χ3n) is 5.26. The van der Waals surface area contributed by atoms with E-state index in [1.807, 2.05) is 0 Å². The summed E-state index contributed by atoms with van der Waals surface area (Å²) in [5.74, 6) is -1.83. The lowest BCUT2D eigenvalue weighted by atomic mass is 9.87. The van der Waals surface area contributed by atoms with E-state index < -0.39 is 11.7 Å². The number of hydrogen-bond acceptors (Lipinski definition) is 3. The minimum absolute atomic E-state index is 0.129. The van der Waals surface area contributed by atoms with Crippen molar-refractivity contribution in [1.82, 2.24) is 9.88 Å². The van der Waals surface area contributed by atoms with Gasteiger partial charge in [0.1, 0.15) is 5.82 Å². The molecule has 0 aliphatic carbocycles. The molecule has 1 fully saturated rings. The van der Waals surface area contributed by atoms with E-state index >= 15 is 0 Å². The zero-order chi connectivity index (χ0) is 20.4. The molecule has 2 N–H and O–H groups in total. The molecule has 2 atom stereocenters. The molecule has 3 rings (SSSR count). The van der Waals surface area contributed by atoms with E-state index in [-0.39, 0.29) is 27.6 Å². The van der Waals surface area contributed by atoms with Crippen molar-refractivity contribution in [3.63, 3.8) is 0 Å². The predicted molar refractivity (Wildman–Crippen MR) is 105 cm³/mol. The zero-order valence-corrected chi connectivity index (χ0v) is 16.9. The highest BCUT2D eigenvalue weighted by atomic mass is 35.5. The molecule has 1 saturated heterocycles. The van der Waals surface area contributed by atoms with Gasteiger partial charge in [-0.15, -0.1) is 0 Å². The van der Waals surface area contributed by atoms with Crippen molar-refractivity contribution in [3.05, 3.63) is 62.9 Å². The van der Waals surface area contributed by atoms with Gasteiger partial charge in [0.2, 0.25) is 0 Å². The van der Waals surface area contributed by atoms with Crippen LogP contribution in [0.15, 0.2) is 24.3 Å². The summed E-state index contributed by atoms with van der Waals surface area (Å²) in [5, 5.41) is -0.210. The SMILES string of the molecule is C[C@@H]1CC(Cc2cc(C(N)=O)c(F)c(Cl)n2)CCN1Cc1cccc(Cl)c1F. The van der Waals surface area contributed by atoms with Gasteiger partial charge < -0.3 is 5.73 Å². The Balaban J connectivity index is 1.66. The molecule has 28 heavy (non-hydrogen) atoms. The smallest absolute Gasteiger partial charge is 0.251 e. The second-order valence-electron chi connectivity index (χ2n) is 7.26. The maximum Gasteiger partial charge on any atom is 0.251 e. The Hall–Kier alpha value is -1.76. The van der Waals surface area contributed by atoms with Gasteiger partial charge in [-0.1, -0.05) is 35.3 Å². The van der Waals surface area contributed by atoms with Crippen LogP contribution in [0.25, 0.3) is 0 Å². The van der Waals surface area contributed by atoms with E-state index in [1.165, 1.54) is 12.1 Å². The highest BCUT2D eigenvalue weighted by Gasteiger charge is 2.27. The second-order valence-corrected chi connectivity index (χ2v) is 8.02. The zero-order valence-electron chi connectivity index (χ0n) is 15.4. The van der Waals surface area contributed by atoms with Crippen molar-refractivity contribution in [2.24, 2.45) is 11.7 Å². The van der Waals surface area contributed by atoms with Crippen LogP contribution in [0.5, 0.6) is 0 Å². The lowest BCUT2D eigenvalue weighted by Gasteiger charge is -2.37. The first-order valence-corrected chi connectivity index (χ1v) is 9.83. The molecular weight excluding hydrogens is 407 g/mol. The molecular formula is C20H21Cl2F2N3O. The van der Waals surface area contributed by atoms with E-state index in [4.69, 9.17) is 28.9 Å². The molecule has 1 aliphatic rings. The Kier molecular flexibility index (Phi) is 6.53. The Morgan fingerprint density at radius 3 is 2.75 bits per heavy atom. The number of primary amides is 1. The largest absolute Gasteiger partial charge is 0.366 e. The number of likely N-dealkylation sites (tertiary alicyclic amines) is 1. The van der Waals surface area contributed by atoms with Crippen LogP contribution in [0.4, 0.5) is 8.78 Å². The molecule has 1 aliphatic heterocycles. The number of halogens is 4. The second kappa shape index (κ2) is 8.72. The average molecular weight is 428 g/mol. The van der Waals surface area contributed by atoms with E-state index in [2.05, 4.69) is 16.8 Å². The summed E-state index contributed by atoms with van der Waals surface area (Å²) in [7, 11) is 0. The van der Waals surface area contributed by atoms with Crippen molar-refractivity contribution >= 4 is 29.1 Å². The van der Waals surface area contributed by atoms with Gasteiger partial charge >= 0.3 is 0 Å². The first-order valence-electron chi connectivity index (χ1n) is 9.08. The number of pyridine rings is 1. The molecule has 8 heteroatoms. The lowest BCUT2D eigenvalue weighted by molar-refractivity contribution is 0.0995. The molecule has 0 saturated carbocycles. The van der Waals surface area contributed by atoms with Gasteiger partial charge in [0.05, 0.1) is 10.6 Å². The van der Waals surface area contributed by atoms with Gasteiger partial charge in [0.25, 0.3) is 5.91 Å². The van der Waals surface area contributed by atoms with Crippen LogP contribution in [0.2, 0.25) is 10.2 Å². The molecule has 0 spiro atoms. The Bertz CT molecular complexity index is 894. The van der Waals surface area contributed by atoms with Crippen molar-refractivity contribution in [3.8, 4) is 0 Å². The summed E-state index contributed by atoms with van der Waals surface area (Å²) in [4.78, 5) is 17.6. The highest BCUT2D eigenvalue weighted by Crippen LogP contribution is 2.29. The average Bonchev–Trinajstić information content (AvgIpc) is 2.63. The molecule has 1 aromatic heterocycles. The van der Waals surface area contributed by atoms with E-state index in [0.29, 0.717) is 30.1 Å². The number of carbonyl (C=O) groups is 1. The number of piperidine rings is 1. The summed E-state index contributed by atoms with van der Waals surface area (Å²) < 4.78 is 28.0. The van der Waals surface area contributed by atoms with Gasteiger partial charge in [0, 0.05) is 23.8 Å². The maximum absolute atomic E-state index is 14.2. The number of hydrogen-bond donors (Lipinski definition) is 1. The van der Waals surface area contributed by atoms with Crippen LogP contribution in [-0.4, -0.2) is 28.4 Å². The first kappa shape index (κ1) is 21.0. The van der Waals surface area contributed by atoms with Gasteiger partial charge in [-0.3, -0.25) is 9.69 Å². The summed E-state index contributed by atoms with van der Waals surface area (Å²) >= 11 is 11.7. The van der Waals surface area contributed by atoms with Crippen LogP contribution in [0, 0.1) is 17.6 Å². The highest BCUT2D eigenvalue weighted by molar-refractivity contribution is 6.30. The number of aromatic nitrogens is 1. The number of nitrogens with two attached hydrogens (primary N) is 1. The summed E-state index contributed by atoms with van der Waals surface area (Å²) in [6.45, 7) is 3.37. The van der Waals surface area contributed by atoms with Crippen LogP contribution in [0.1, 0.15) is 41.4 Å². The number of nitrogens with zero attached hydrogens (tertiary/aromatic N) is 2.